The summed E-state index contributed by atoms with van der Waals surface area (Å²) in [6.45, 7) is 3.92. The molecule has 2 aromatic heterocycles. The molecule has 1 N–H and O–H groups in total. The molecular weight excluding hydrogens is 376 g/mol. The number of hydrogen-bond donors (Lipinski definition) is 1. The molecule has 0 aliphatic carbocycles. The zero-order valence-corrected chi connectivity index (χ0v) is 17.3. The van der Waals surface area contributed by atoms with Crippen molar-refractivity contribution in [2.75, 3.05) is 12.4 Å². The van der Waals surface area contributed by atoms with E-state index < -0.39 is 0 Å². The van der Waals surface area contributed by atoms with Crippen molar-refractivity contribution >= 4 is 22.6 Å². The minimum Gasteiger partial charge on any atom is -0.494 e. The fourth-order valence-corrected chi connectivity index (χ4v) is 3.52. The van der Waals surface area contributed by atoms with Crippen LogP contribution in [0.15, 0.2) is 60.7 Å². The third-order valence-electron chi connectivity index (χ3n) is 5.02. The molecule has 0 radical (unpaired) electrons. The normalized spacial score (nSPS) is 10.9. The van der Waals surface area contributed by atoms with E-state index in [9.17, 15) is 4.79 Å². The predicted molar refractivity (Wildman–Crippen MR) is 118 cm³/mol. The molecule has 0 atom stereocenters. The van der Waals surface area contributed by atoms with Crippen LogP contribution < -0.4 is 10.1 Å². The van der Waals surface area contributed by atoms with Gasteiger partial charge in [-0.25, -0.2) is 4.98 Å². The standard InChI is InChI=1S/C24H24N4O2/c1-16-14-21(26-24-19(16)10-7-11-20(24)30-3)28-22(15-17(2)27-28)25-23(29)13-12-18-8-5-4-6-9-18/h4-11,14-15H,12-13H2,1-3H3,(H,25,29). The smallest absolute Gasteiger partial charge is 0.225 e. The predicted octanol–water partition coefficient (Wildman–Crippen LogP) is 4.62. The second-order valence-electron chi connectivity index (χ2n) is 7.27. The molecular formula is C24H24N4O2. The molecule has 1 amide bonds. The lowest BCUT2D eigenvalue weighted by molar-refractivity contribution is -0.116. The second-order valence-corrected chi connectivity index (χ2v) is 7.27. The van der Waals surface area contributed by atoms with Gasteiger partial charge in [0.05, 0.1) is 12.8 Å². The number of hydrogen-bond acceptors (Lipinski definition) is 4. The number of methoxy groups -OCH3 is 1. The van der Waals surface area contributed by atoms with E-state index in [1.807, 2.05) is 74.5 Å². The van der Waals surface area contributed by atoms with Crippen molar-refractivity contribution in [1.82, 2.24) is 14.8 Å². The van der Waals surface area contributed by atoms with Crippen LogP contribution in [0.3, 0.4) is 0 Å². The number of amides is 1. The van der Waals surface area contributed by atoms with Crippen molar-refractivity contribution in [3.8, 4) is 11.6 Å². The number of carbonyl (C=O) groups is 1. The number of benzene rings is 2. The number of aryl methyl sites for hydroxylation is 3. The molecule has 4 rings (SSSR count). The molecule has 0 fully saturated rings. The summed E-state index contributed by atoms with van der Waals surface area (Å²) in [6, 6.07) is 19.7. The Labute approximate surface area is 175 Å². The van der Waals surface area contributed by atoms with E-state index >= 15 is 0 Å². The first-order valence-electron chi connectivity index (χ1n) is 9.90. The maximum atomic E-state index is 12.6. The van der Waals surface area contributed by atoms with Crippen molar-refractivity contribution < 1.29 is 9.53 Å². The van der Waals surface area contributed by atoms with Crippen molar-refractivity contribution in [3.63, 3.8) is 0 Å². The Hall–Kier alpha value is -3.67. The summed E-state index contributed by atoms with van der Waals surface area (Å²) in [4.78, 5) is 17.3. The minimum absolute atomic E-state index is 0.0601. The highest BCUT2D eigenvalue weighted by molar-refractivity contribution is 5.91. The van der Waals surface area contributed by atoms with Gasteiger partial charge in [-0.3, -0.25) is 4.79 Å². The van der Waals surface area contributed by atoms with E-state index in [0.717, 1.165) is 27.7 Å². The van der Waals surface area contributed by atoms with E-state index in [1.165, 1.54) is 0 Å². The van der Waals surface area contributed by atoms with Gasteiger partial charge in [0.2, 0.25) is 5.91 Å². The Bertz CT molecular complexity index is 1200. The van der Waals surface area contributed by atoms with Gasteiger partial charge < -0.3 is 10.1 Å². The van der Waals surface area contributed by atoms with Crippen LogP contribution >= 0.6 is 0 Å². The highest BCUT2D eigenvalue weighted by Gasteiger charge is 2.15. The van der Waals surface area contributed by atoms with Crippen molar-refractivity contribution in [2.45, 2.75) is 26.7 Å². The highest BCUT2D eigenvalue weighted by Crippen LogP contribution is 2.28. The van der Waals surface area contributed by atoms with Crippen LogP contribution in [-0.2, 0) is 11.2 Å². The number of nitrogens with zero attached hydrogens (tertiary/aromatic N) is 3. The number of aromatic nitrogens is 3. The largest absolute Gasteiger partial charge is 0.494 e. The fraction of sp³-hybridized carbons (Fsp3) is 0.208. The van der Waals surface area contributed by atoms with Gasteiger partial charge >= 0.3 is 0 Å². The van der Waals surface area contributed by atoms with Gasteiger partial charge in [-0.1, -0.05) is 42.5 Å². The number of pyridine rings is 1. The first-order valence-corrected chi connectivity index (χ1v) is 9.90. The monoisotopic (exact) mass is 400 g/mol. The van der Waals surface area contributed by atoms with Crippen LogP contribution in [-0.4, -0.2) is 27.8 Å². The summed E-state index contributed by atoms with van der Waals surface area (Å²) in [6.07, 6.45) is 1.08. The number of carbonyl (C=O) groups excluding carboxylic acids is 1. The van der Waals surface area contributed by atoms with Gasteiger partial charge in [0, 0.05) is 17.9 Å². The average molecular weight is 400 g/mol. The van der Waals surface area contributed by atoms with E-state index in [2.05, 4.69) is 10.4 Å². The molecule has 4 aromatic rings. The molecule has 0 bridgehead atoms. The van der Waals surface area contributed by atoms with Gasteiger partial charge in [-0.15, -0.1) is 0 Å². The number of nitrogens with one attached hydrogen (secondary N) is 1. The minimum atomic E-state index is -0.0601. The molecule has 0 saturated carbocycles. The Morgan fingerprint density at radius 2 is 1.87 bits per heavy atom. The summed E-state index contributed by atoms with van der Waals surface area (Å²) in [5.41, 5.74) is 3.76. The number of ether oxygens (including phenoxy) is 1. The molecule has 30 heavy (non-hydrogen) atoms. The molecule has 0 spiro atoms. The lowest BCUT2D eigenvalue weighted by Crippen LogP contribution is -2.16. The number of para-hydroxylation sites is 1. The highest BCUT2D eigenvalue weighted by atomic mass is 16.5. The van der Waals surface area contributed by atoms with E-state index in [-0.39, 0.29) is 5.91 Å². The van der Waals surface area contributed by atoms with Crippen LogP contribution in [0.5, 0.6) is 5.75 Å². The number of fused-ring (bicyclic) bond motifs is 1. The fourth-order valence-electron chi connectivity index (χ4n) is 3.52. The molecule has 2 heterocycles. The summed E-state index contributed by atoms with van der Waals surface area (Å²) < 4.78 is 7.16. The SMILES string of the molecule is COc1cccc2c(C)cc(-n3nc(C)cc3NC(=O)CCc3ccccc3)nc12. The molecule has 0 saturated heterocycles. The van der Waals surface area contributed by atoms with Crippen molar-refractivity contribution in [1.29, 1.82) is 0 Å². The van der Waals surface area contributed by atoms with Gasteiger partial charge in [0.15, 0.2) is 5.82 Å². The van der Waals surface area contributed by atoms with E-state index in [0.29, 0.717) is 30.2 Å². The number of anilines is 1. The number of rotatable bonds is 6. The molecule has 2 aromatic carbocycles. The quantitative estimate of drug-likeness (QED) is 0.513. The van der Waals surface area contributed by atoms with Gasteiger partial charge in [0.1, 0.15) is 17.1 Å². The Morgan fingerprint density at radius 3 is 2.63 bits per heavy atom. The van der Waals surface area contributed by atoms with Crippen molar-refractivity contribution in [3.05, 3.63) is 77.5 Å². The summed E-state index contributed by atoms with van der Waals surface area (Å²) in [7, 11) is 1.63. The van der Waals surface area contributed by atoms with Gasteiger partial charge in [-0.2, -0.15) is 9.78 Å². The summed E-state index contributed by atoms with van der Waals surface area (Å²) >= 11 is 0. The van der Waals surface area contributed by atoms with Crippen molar-refractivity contribution in [2.24, 2.45) is 0 Å². The maximum Gasteiger partial charge on any atom is 0.225 e. The zero-order valence-electron chi connectivity index (χ0n) is 17.3. The lowest BCUT2D eigenvalue weighted by Gasteiger charge is -2.12. The molecule has 6 nitrogen and oxygen atoms in total. The first-order chi connectivity index (χ1) is 14.5. The topological polar surface area (TPSA) is 69.0 Å². The molecule has 0 aliphatic heterocycles. The van der Waals surface area contributed by atoms with E-state index in [1.54, 1.807) is 11.8 Å². The van der Waals surface area contributed by atoms with Crippen LogP contribution in [0.25, 0.3) is 16.7 Å². The molecule has 0 unspecified atom stereocenters. The lowest BCUT2D eigenvalue weighted by atomic mass is 10.1. The van der Waals surface area contributed by atoms with Gasteiger partial charge in [0.25, 0.3) is 0 Å². The molecule has 6 heteroatoms. The van der Waals surface area contributed by atoms with Crippen LogP contribution in [0.2, 0.25) is 0 Å². The Kier molecular flexibility index (Phi) is 5.48. The van der Waals surface area contributed by atoms with Crippen LogP contribution in [0.1, 0.15) is 23.2 Å². The summed E-state index contributed by atoms with van der Waals surface area (Å²) in [5, 5.41) is 8.56. The third kappa shape index (κ3) is 4.03. The Morgan fingerprint density at radius 1 is 1.07 bits per heavy atom. The molecule has 152 valence electrons. The third-order valence-corrected chi connectivity index (χ3v) is 5.02. The van der Waals surface area contributed by atoms with Gasteiger partial charge in [-0.05, 0) is 43.5 Å². The second kappa shape index (κ2) is 8.37. The van der Waals surface area contributed by atoms with E-state index in [4.69, 9.17) is 9.72 Å². The summed E-state index contributed by atoms with van der Waals surface area (Å²) in [5.74, 6) is 1.88. The maximum absolute atomic E-state index is 12.6. The average Bonchev–Trinajstić information content (AvgIpc) is 3.12. The van der Waals surface area contributed by atoms with Crippen LogP contribution in [0.4, 0.5) is 5.82 Å². The molecule has 0 aliphatic rings. The Balaban J connectivity index is 1.62. The zero-order chi connectivity index (χ0) is 21.1. The first kappa shape index (κ1) is 19.6. The van der Waals surface area contributed by atoms with Crippen LogP contribution in [0, 0.1) is 13.8 Å².